The van der Waals surface area contributed by atoms with E-state index in [0.717, 1.165) is 18.1 Å². The molecule has 5 rings (SSSR count). The molecule has 0 aromatic carbocycles. The smallest absolute Gasteiger partial charge is 0.399 e. The molecule has 0 amide bonds. The molecular formula is C20H28BN3O2S2. The van der Waals surface area contributed by atoms with Gasteiger partial charge in [-0.3, -0.25) is 4.90 Å². The normalized spacial score (nSPS) is 34.0. The Morgan fingerprint density at radius 2 is 1.86 bits per heavy atom. The van der Waals surface area contributed by atoms with E-state index in [9.17, 15) is 0 Å². The number of fused-ring (bicyclic) bond motifs is 1. The standard InChI is InChI=1S/C20H28BN3O2S2/c1-19(2)20(3,4)26-21(25-19)17-10-16-15(28-17)9-14(27-16)12-11-22-18(23-12)13-7-6-8-24(13)5/h9-11,13,15-16H,6-8H2,1-5H3,(H,22,23)/t13-,15?,16?/m0/s1. The summed E-state index contributed by atoms with van der Waals surface area (Å²) in [5.41, 5.74) is 0.579. The molecule has 1 aromatic rings. The van der Waals surface area contributed by atoms with Crippen molar-refractivity contribution in [1.29, 1.82) is 0 Å². The highest BCUT2D eigenvalue weighted by atomic mass is 32.2. The van der Waals surface area contributed by atoms with Gasteiger partial charge in [0.15, 0.2) is 0 Å². The lowest BCUT2D eigenvalue weighted by molar-refractivity contribution is 0.00578. The van der Waals surface area contributed by atoms with Crippen LogP contribution < -0.4 is 0 Å². The van der Waals surface area contributed by atoms with Crippen LogP contribution in [0.2, 0.25) is 0 Å². The van der Waals surface area contributed by atoms with E-state index in [-0.39, 0.29) is 18.3 Å². The molecule has 1 aromatic heterocycles. The van der Waals surface area contributed by atoms with Crippen molar-refractivity contribution in [3.05, 3.63) is 34.7 Å². The van der Waals surface area contributed by atoms with Crippen molar-refractivity contribution in [3.63, 3.8) is 0 Å². The number of rotatable bonds is 3. The van der Waals surface area contributed by atoms with Gasteiger partial charge in [0.05, 0.1) is 29.1 Å². The third-order valence-electron chi connectivity index (χ3n) is 6.69. The summed E-state index contributed by atoms with van der Waals surface area (Å²) in [5.74, 6) is 1.11. The zero-order valence-corrected chi connectivity index (χ0v) is 18.8. The van der Waals surface area contributed by atoms with E-state index in [1.54, 1.807) is 0 Å². The van der Waals surface area contributed by atoms with Crippen LogP contribution in [0.5, 0.6) is 0 Å². The van der Waals surface area contributed by atoms with Crippen LogP contribution in [0.1, 0.15) is 58.1 Å². The Balaban J connectivity index is 1.27. The van der Waals surface area contributed by atoms with E-state index >= 15 is 0 Å². The Morgan fingerprint density at radius 1 is 1.14 bits per heavy atom. The molecule has 0 aliphatic carbocycles. The molecule has 4 aliphatic rings. The van der Waals surface area contributed by atoms with Gasteiger partial charge in [0.25, 0.3) is 0 Å². The minimum absolute atomic E-state index is 0.241. The number of H-pyrrole nitrogens is 1. The summed E-state index contributed by atoms with van der Waals surface area (Å²) in [6.45, 7) is 9.60. The van der Waals surface area contributed by atoms with Crippen LogP contribution in [-0.2, 0) is 9.31 Å². The van der Waals surface area contributed by atoms with Gasteiger partial charge in [-0.15, -0.1) is 23.5 Å². The van der Waals surface area contributed by atoms with Gasteiger partial charge in [-0.1, -0.05) is 12.2 Å². The maximum absolute atomic E-state index is 6.23. The number of aromatic amines is 1. The van der Waals surface area contributed by atoms with E-state index in [1.165, 1.54) is 22.6 Å². The van der Waals surface area contributed by atoms with E-state index in [2.05, 4.69) is 61.8 Å². The topological polar surface area (TPSA) is 50.4 Å². The second-order valence-electron chi connectivity index (χ2n) is 9.17. The third-order valence-corrected chi connectivity index (χ3v) is 9.47. The molecule has 0 radical (unpaired) electrons. The van der Waals surface area contributed by atoms with Crippen molar-refractivity contribution in [3.8, 4) is 0 Å². The fourth-order valence-electron chi connectivity index (χ4n) is 4.22. The van der Waals surface area contributed by atoms with Gasteiger partial charge in [-0.25, -0.2) is 4.98 Å². The molecule has 3 atom stereocenters. The first kappa shape index (κ1) is 19.3. The summed E-state index contributed by atoms with van der Waals surface area (Å²) >= 11 is 3.80. The molecule has 1 N–H and O–H groups in total. The number of aromatic nitrogens is 2. The monoisotopic (exact) mass is 417 g/mol. The SMILES string of the molecule is CN1CCC[C@H]1c1ncc(C2=CC3SC(B4OC(C)(C)C(C)(C)O4)=CC3S2)[nH]1. The molecule has 0 saturated carbocycles. The number of likely N-dealkylation sites (tertiary alicyclic amines) is 1. The van der Waals surface area contributed by atoms with Crippen LogP contribution in [0.15, 0.2) is 23.2 Å². The lowest BCUT2D eigenvalue weighted by Crippen LogP contribution is -2.41. The molecule has 8 heteroatoms. The predicted molar refractivity (Wildman–Crippen MR) is 118 cm³/mol. The first-order valence-electron chi connectivity index (χ1n) is 10.1. The zero-order chi connectivity index (χ0) is 19.7. The van der Waals surface area contributed by atoms with Gasteiger partial charge in [-0.2, -0.15) is 0 Å². The van der Waals surface area contributed by atoms with Crippen molar-refractivity contribution < 1.29 is 9.31 Å². The summed E-state index contributed by atoms with van der Waals surface area (Å²) in [4.78, 5) is 13.2. The van der Waals surface area contributed by atoms with Gasteiger partial charge in [-0.05, 0) is 54.1 Å². The second-order valence-corrected chi connectivity index (χ2v) is 11.6. The minimum atomic E-state index is -0.287. The Morgan fingerprint density at radius 3 is 2.50 bits per heavy atom. The van der Waals surface area contributed by atoms with Crippen LogP contribution in [0.3, 0.4) is 0 Å². The highest BCUT2D eigenvalue weighted by molar-refractivity contribution is 8.13. The van der Waals surface area contributed by atoms with E-state index in [0.29, 0.717) is 16.5 Å². The van der Waals surface area contributed by atoms with Gasteiger partial charge >= 0.3 is 7.12 Å². The molecule has 2 fully saturated rings. The fourth-order valence-corrected chi connectivity index (χ4v) is 7.06. The Hall–Kier alpha value is -0.665. The summed E-state index contributed by atoms with van der Waals surface area (Å²) < 4.78 is 12.5. The number of hydrogen-bond donors (Lipinski definition) is 1. The van der Waals surface area contributed by atoms with Crippen LogP contribution >= 0.6 is 23.5 Å². The lowest BCUT2D eigenvalue weighted by Gasteiger charge is -2.32. The minimum Gasteiger partial charge on any atom is -0.399 e. The molecule has 5 heterocycles. The summed E-state index contributed by atoms with van der Waals surface area (Å²) in [5, 5.41) is 0.879. The van der Waals surface area contributed by atoms with Gasteiger partial charge in [0.1, 0.15) is 5.82 Å². The van der Waals surface area contributed by atoms with Crippen LogP contribution in [0.4, 0.5) is 0 Å². The Labute approximate surface area is 176 Å². The van der Waals surface area contributed by atoms with Crippen molar-refractivity contribution in [2.75, 3.05) is 13.6 Å². The van der Waals surface area contributed by atoms with Crippen LogP contribution in [0, 0.1) is 0 Å². The summed E-state index contributed by atoms with van der Waals surface area (Å²) in [7, 11) is 1.95. The molecule has 2 unspecified atom stereocenters. The maximum atomic E-state index is 6.23. The highest BCUT2D eigenvalue weighted by Gasteiger charge is 2.54. The molecule has 5 nitrogen and oxygen atoms in total. The second kappa shape index (κ2) is 6.67. The summed E-state index contributed by atoms with van der Waals surface area (Å²) in [6, 6.07) is 0.435. The lowest BCUT2D eigenvalue weighted by atomic mass is 9.89. The number of nitrogens with zero attached hydrogens (tertiary/aromatic N) is 2. The number of thioether (sulfide) groups is 2. The molecular weight excluding hydrogens is 389 g/mol. The first-order valence-corrected chi connectivity index (χ1v) is 11.9. The Kier molecular flexibility index (Phi) is 4.60. The molecule has 2 saturated heterocycles. The van der Waals surface area contributed by atoms with Crippen LogP contribution in [0.25, 0.3) is 4.91 Å². The van der Waals surface area contributed by atoms with Crippen molar-refractivity contribution in [1.82, 2.24) is 14.9 Å². The summed E-state index contributed by atoms with van der Waals surface area (Å²) in [6.07, 6.45) is 9.17. The van der Waals surface area contributed by atoms with E-state index < -0.39 is 0 Å². The maximum Gasteiger partial charge on any atom is 0.501 e. The average molecular weight is 417 g/mol. The highest BCUT2D eigenvalue weighted by Crippen LogP contribution is 2.53. The van der Waals surface area contributed by atoms with Gasteiger partial charge < -0.3 is 14.3 Å². The largest absolute Gasteiger partial charge is 0.501 e. The number of nitrogens with one attached hydrogen (secondary N) is 1. The number of hydrogen-bond acceptors (Lipinski definition) is 6. The van der Waals surface area contributed by atoms with Crippen LogP contribution in [-0.4, -0.2) is 57.3 Å². The van der Waals surface area contributed by atoms with E-state index in [1.807, 2.05) is 29.7 Å². The number of imidazole rings is 1. The quantitative estimate of drug-likeness (QED) is 0.742. The molecule has 4 aliphatic heterocycles. The Bertz CT molecular complexity index is 834. The fraction of sp³-hybridized carbons (Fsp3) is 0.650. The van der Waals surface area contributed by atoms with Crippen molar-refractivity contribution in [2.45, 2.75) is 68.3 Å². The molecule has 0 bridgehead atoms. The molecule has 150 valence electrons. The van der Waals surface area contributed by atoms with Gasteiger partial charge in [0.2, 0.25) is 0 Å². The van der Waals surface area contributed by atoms with Crippen molar-refractivity contribution >= 4 is 35.5 Å². The average Bonchev–Trinajstić information content (AvgIpc) is 3.36. The predicted octanol–water partition coefficient (Wildman–Crippen LogP) is 4.26. The first-order chi connectivity index (χ1) is 13.2. The van der Waals surface area contributed by atoms with E-state index in [4.69, 9.17) is 9.31 Å². The van der Waals surface area contributed by atoms with Gasteiger partial charge in [0, 0.05) is 20.2 Å². The zero-order valence-electron chi connectivity index (χ0n) is 17.2. The van der Waals surface area contributed by atoms with Crippen molar-refractivity contribution in [2.24, 2.45) is 0 Å². The molecule has 0 spiro atoms. The third kappa shape index (κ3) is 3.12. The molecule has 28 heavy (non-hydrogen) atoms.